The third-order valence-corrected chi connectivity index (χ3v) is 6.37. The number of nitrogens with zero attached hydrogens (tertiary/aromatic N) is 4. The molecule has 5 rings (SSSR count). The van der Waals surface area contributed by atoms with Crippen LogP contribution in [0.15, 0.2) is 79.6 Å². The molecular formula is C27H22F3N5O2. The SMILES string of the molecule is C=CC(=O)N1CC[C@@H](n2nc(-c3ccc(NC(=O)c4cccc(C(F)(F)F)c4)cc3)c3cnccc32)C1. The molecule has 2 aromatic heterocycles. The lowest BCUT2D eigenvalue weighted by Crippen LogP contribution is -2.27. The number of hydrogen-bond acceptors (Lipinski definition) is 4. The van der Waals surface area contributed by atoms with Gasteiger partial charge in [0, 0.05) is 47.7 Å². The van der Waals surface area contributed by atoms with E-state index in [0.29, 0.717) is 24.5 Å². The quantitative estimate of drug-likeness (QED) is 0.372. The molecule has 1 aliphatic rings. The maximum atomic E-state index is 13.0. The van der Waals surface area contributed by atoms with E-state index < -0.39 is 17.6 Å². The van der Waals surface area contributed by atoms with Crippen LogP contribution in [0, 0.1) is 0 Å². The van der Waals surface area contributed by atoms with E-state index in [0.717, 1.165) is 35.0 Å². The first-order chi connectivity index (χ1) is 17.7. The van der Waals surface area contributed by atoms with Crippen molar-refractivity contribution in [2.75, 3.05) is 18.4 Å². The van der Waals surface area contributed by atoms with Gasteiger partial charge in [-0.1, -0.05) is 24.8 Å². The molecule has 0 bridgehead atoms. The van der Waals surface area contributed by atoms with Crippen molar-refractivity contribution < 1.29 is 22.8 Å². The number of benzene rings is 2. The highest BCUT2D eigenvalue weighted by Crippen LogP contribution is 2.33. The van der Waals surface area contributed by atoms with Gasteiger partial charge in [0.25, 0.3) is 5.91 Å². The summed E-state index contributed by atoms with van der Waals surface area (Å²) in [6.07, 6.45) is 0.972. The molecule has 1 fully saturated rings. The highest BCUT2D eigenvalue weighted by molar-refractivity contribution is 6.04. The summed E-state index contributed by atoms with van der Waals surface area (Å²) in [4.78, 5) is 30.5. The number of halogens is 3. The standard InChI is InChI=1S/C27H22F3N5O2/c1-2-24(36)34-13-11-21(16-34)35-23-10-12-31-15-22(23)25(33-35)17-6-8-20(9-7-17)32-26(37)18-4-3-5-19(14-18)27(28,29)30/h2-10,12,14-15,21H,1,11,13,16H2,(H,32,37)/t21-/m1/s1. The molecular weight excluding hydrogens is 483 g/mol. The summed E-state index contributed by atoms with van der Waals surface area (Å²) in [5.74, 6) is -0.749. The minimum absolute atomic E-state index is 0.00794. The highest BCUT2D eigenvalue weighted by Gasteiger charge is 2.31. The predicted molar refractivity (Wildman–Crippen MR) is 133 cm³/mol. The number of aromatic nitrogens is 3. The maximum absolute atomic E-state index is 13.0. The van der Waals surface area contributed by atoms with Crippen molar-refractivity contribution in [2.45, 2.75) is 18.6 Å². The zero-order valence-corrected chi connectivity index (χ0v) is 19.6. The average molecular weight is 506 g/mol. The summed E-state index contributed by atoms with van der Waals surface area (Å²) >= 11 is 0. The maximum Gasteiger partial charge on any atom is 0.416 e. The van der Waals surface area contributed by atoms with Crippen LogP contribution in [0.25, 0.3) is 22.2 Å². The number of carbonyl (C=O) groups excluding carboxylic acids is 2. The number of rotatable bonds is 5. The van der Waals surface area contributed by atoms with Gasteiger partial charge in [-0.05, 0) is 48.9 Å². The largest absolute Gasteiger partial charge is 0.416 e. The summed E-state index contributed by atoms with van der Waals surface area (Å²) in [7, 11) is 0. The first-order valence-electron chi connectivity index (χ1n) is 11.6. The summed E-state index contributed by atoms with van der Waals surface area (Å²) in [6, 6.07) is 13.1. The van der Waals surface area contributed by atoms with E-state index in [-0.39, 0.29) is 17.5 Å². The zero-order valence-electron chi connectivity index (χ0n) is 19.6. The molecule has 0 unspecified atom stereocenters. The van der Waals surface area contributed by atoms with E-state index in [9.17, 15) is 22.8 Å². The topological polar surface area (TPSA) is 80.1 Å². The molecule has 0 radical (unpaired) electrons. The van der Waals surface area contributed by atoms with Gasteiger partial charge in [-0.2, -0.15) is 18.3 Å². The van der Waals surface area contributed by atoms with Gasteiger partial charge in [-0.3, -0.25) is 19.3 Å². The lowest BCUT2D eigenvalue weighted by molar-refractivity contribution is -0.137. The van der Waals surface area contributed by atoms with Crippen molar-refractivity contribution in [2.24, 2.45) is 0 Å². The number of nitrogens with one attached hydrogen (secondary N) is 1. The van der Waals surface area contributed by atoms with Gasteiger partial charge in [0.1, 0.15) is 5.69 Å². The first kappa shape index (κ1) is 24.2. The number of carbonyl (C=O) groups is 2. The van der Waals surface area contributed by atoms with Gasteiger partial charge in [0.05, 0.1) is 17.1 Å². The zero-order chi connectivity index (χ0) is 26.2. The molecule has 1 saturated heterocycles. The molecule has 2 amide bonds. The number of hydrogen-bond donors (Lipinski definition) is 1. The van der Waals surface area contributed by atoms with E-state index in [2.05, 4.69) is 16.9 Å². The van der Waals surface area contributed by atoms with Crippen molar-refractivity contribution in [1.82, 2.24) is 19.7 Å². The Morgan fingerprint density at radius 3 is 2.62 bits per heavy atom. The molecule has 188 valence electrons. The van der Waals surface area contributed by atoms with E-state index in [4.69, 9.17) is 5.10 Å². The molecule has 0 aliphatic carbocycles. The third-order valence-electron chi connectivity index (χ3n) is 6.37. The molecule has 0 spiro atoms. The minimum Gasteiger partial charge on any atom is -0.337 e. The Hall–Kier alpha value is -4.47. The molecule has 1 N–H and O–H groups in total. The van der Waals surface area contributed by atoms with Crippen LogP contribution < -0.4 is 5.32 Å². The van der Waals surface area contributed by atoms with E-state index >= 15 is 0 Å². The number of alkyl halides is 3. The van der Waals surface area contributed by atoms with Crippen molar-refractivity contribution in [3.8, 4) is 11.3 Å². The summed E-state index contributed by atoms with van der Waals surface area (Å²) in [5, 5.41) is 8.33. The van der Waals surface area contributed by atoms with E-state index in [1.165, 1.54) is 18.2 Å². The van der Waals surface area contributed by atoms with Crippen LogP contribution in [0.5, 0.6) is 0 Å². The Balaban J connectivity index is 1.38. The summed E-state index contributed by atoms with van der Waals surface area (Å²) in [5.41, 5.74) is 1.84. The first-order valence-corrected chi connectivity index (χ1v) is 11.6. The monoisotopic (exact) mass is 505 g/mol. The Morgan fingerprint density at radius 2 is 1.89 bits per heavy atom. The van der Waals surface area contributed by atoms with Crippen molar-refractivity contribution in [3.63, 3.8) is 0 Å². The molecule has 1 atom stereocenters. The van der Waals surface area contributed by atoms with E-state index in [1.54, 1.807) is 41.6 Å². The predicted octanol–water partition coefficient (Wildman–Crippen LogP) is 5.33. The molecule has 37 heavy (non-hydrogen) atoms. The second kappa shape index (κ2) is 9.53. The Kier molecular flexibility index (Phi) is 6.24. The summed E-state index contributed by atoms with van der Waals surface area (Å²) in [6.45, 7) is 4.71. The molecule has 1 aliphatic heterocycles. The van der Waals surface area contributed by atoms with Gasteiger partial charge in [0.15, 0.2) is 0 Å². The highest BCUT2D eigenvalue weighted by atomic mass is 19.4. The Bertz CT molecular complexity index is 1490. The lowest BCUT2D eigenvalue weighted by atomic mass is 10.1. The van der Waals surface area contributed by atoms with Crippen LogP contribution in [0.3, 0.4) is 0 Å². The molecule has 0 saturated carbocycles. The summed E-state index contributed by atoms with van der Waals surface area (Å²) < 4.78 is 40.9. The second-order valence-corrected chi connectivity index (χ2v) is 8.73. The number of likely N-dealkylation sites (tertiary alicyclic amines) is 1. The smallest absolute Gasteiger partial charge is 0.337 e. The molecule has 7 nitrogen and oxygen atoms in total. The normalized spacial score (nSPS) is 15.6. The van der Waals surface area contributed by atoms with Crippen molar-refractivity contribution >= 4 is 28.4 Å². The van der Waals surface area contributed by atoms with Crippen LogP contribution in [0.4, 0.5) is 18.9 Å². The fourth-order valence-electron chi connectivity index (χ4n) is 4.50. The van der Waals surface area contributed by atoms with Gasteiger partial charge in [0.2, 0.25) is 5.91 Å². The molecule has 10 heteroatoms. The van der Waals surface area contributed by atoms with Gasteiger partial charge in [-0.15, -0.1) is 0 Å². The van der Waals surface area contributed by atoms with Crippen LogP contribution in [0.1, 0.15) is 28.4 Å². The number of amides is 2. The van der Waals surface area contributed by atoms with Crippen molar-refractivity contribution in [1.29, 1.82) is 0 Å². The number of pyridine rings is 1. The Morgan fingerprint density at radius 1 is 1.11 bits per heavy atom. The lowest BCUT2D eigenvalue weighted by Gasteiger charge is -2.15. The Labute approximate surface area is 210 Å². The molecule has 3 heterocycles. The fraction of sp³-hybridized carbons (Fsp3) is 0.185. The average Bonchev–Trinajstić information content (AvgIpc) is 3.54. The van der Waals surface area contributed by atoms with Crippen LogP contribution in [-0.4, -0.2) is 44.6 Å². The number of anilines is 1. The van der Waals surface area contributed by atoms with Gasteiger partial charge in [-0.25, -0.2) is 0 Å². The fourth-order valence-corrected chi connectivity index (χ4v) is 4.50. The molecule has 4 aromatic rings. The van der Waals surface area contributed by atoms with Crippen molar-refractivity contribution in [3.05, 3.63) is 90.8 Å². The second-order valence-electron chi connectivity index (χ2n) is 8.73. The van der Waals surface area contributed by atoms with E-state index in [1.807, 2.05) is 10.7 Å². The third kappa shape index (κ3) is 4.82. The molecule has 2 aromatic carbocycles. The van der Waals surface area contributed by atoms with Gasteiger partial charge >= 0.3 is 6.18 Å². The van der Waals surface area contributed by atoms with Crippen LogP contribution in [0.2, 0.25) is 0 Å². The van der Waals surface area contributed by atoms with Crippen LogP contribution >= 0.6 is 0 Å². The number of fused-ring (bicyclic) bond motifs is 1. The van der Waals surface area contributed by atoms with Crippen LogP contribution in [-0.2, 0) is 11.0 Å². The van der Waals surface area contributed by atoms with Gasteiger partial charge < -0.3 is 10.2 Å². The minimum atomic E-state index is -4.53.